The minimum atomic E-state index is -0.618. The third kappa shape index (κ3) is 3.34. The molecule has 1 saturated heterocycles. The second kappa shape index (κ2) is 6.52. The summed E-state index contributed by atoms with van der Waals surface area (Å²) >= 11 is 0. The largest absolute Gasteiger partial charge is 0.351 e. The van der Waals surface area contributed by atoms with Crippen molar-refractivity contribution in [3.8, 4) is 0 Å². The van der Waals surface area contributed by atoms with E-state index in [1.807, 2.05) is 23.1 Å². The van der Waals surface area contributed by atoms with Gasteiger partial charge in [-0.15, -0.1) is 0 Å². The predicted molar refractivity (Wildman–Crippen MR) is 89.1 cm³/mol. The van der Waals surface area contributed by atoms with Crippen LogP contribution in [-0.4, -0.2) is 23.4 Å². The number of nitrogens with zero attached hydrogens (tertiary/aromatic N) is 1. The van der Waals surface area contributed by atoms with Crippen LogP contribution >= 0.6 is 0 Å². The van der Waals surface area contributed by atoms with E-state index in [2.05, 4.69) is 17.4 Å². The fraction of sp³-hybridized carbons (Fsp3) is 0.222. The highest BCUT2D eigenvalue weighted by molar-refractivity contribution is 5.95. The van der Waals surface area contributed by atoms with E-state index in [1.165, 1.54) is 5.56 Å². The number of hydrogen-bond donors (Lipinski definition) is 2. The average Bonchev–Trinajstić information content (AvgIpc) is 3.05. The number of carbonyl (C=O) groups is 2. The Morgan fingerprint density at radius 2 is 1.74 bits per heavy atom. The topological polar surface area (TPSA) is 75.4 Å². The average molecular weight is 309 g/mol. The van der Waals surface area contributed by atoms with Crippen LogP contribution in [0.15, 0.2) is 54.6 Å². The maximum absolute atomic E-state index is 12.8. The summed E-state index contributed by atoms with van der Waals surface area (Å²) in [5, 5.41) is 2.49. The zero-order valence-corrected chi connectivity index (χ0v) is 12.7. The van der Waals surface area contributed by atoms with Gasteiger partial charge >= 0.3 is 6.03 Å². The van der Waals surface area contributed by atoms with Crippen molar-refractivity contribution in [1.82, 2.24) is 4.90 Å². The van der Waals surface area contributed by atoms with E-state index in [9.17, 15) is 9.59 Å². The molecule has 118 valence electrons. The summed E-state index contributed by atoms with van der Waals surface area (Å²) in [6.07, 6.45) is 1.99. The Morgan fingerprint density at radius 1 is 1.04 bits per heavy atom. The van der Waals surface area contributed by atoms with Crippen LogP contribution < -0.4 is 11.1 Å². The number of carbonyl (C=O) groups excluding carboxylic acids is 2. The van der Waals surface area contributed by atoms with Gasteiger partial charge in [-0.05, 0) is 42.7 Å². The molecule has 2 aromatic rings. The summed E-state index contributed by atoms with van der Waals surface area (Å²) in [5.41, 5.74) is 7.44. The molecule has 5 heteroatoms. The van der Waals surface area contributed by atoms with Crippen LogP contribution in [-0.2, 0) is 0 Å². The molecule has 3 N–H and O–H groups in total. The third-order valence-electron chi connectivity index (χ3n) is 4.10. The quantitative estimate of drug-likeness (QED) is 0.914. The van der Waals surface area contributed by atoms with Crippen molar-refractivity contribution >= 4 is 17.6 Å². The Hall–Kier alpha value is -2.82. The molecule has 1 aliphatic rings. The van der Waals surface area contributed by atoms with Gasteiger partial charge in [0, 0.05) is 17.8 Å². The van der Waals surface area contributed by atoms with Crippen LogP contribution in [0, 0.1) is 0 Å². The van der Waals surface area contributed by atoms with E-state index in [1.54, 1.807) is 24.3 Å². The Morgan fingerprint density at radius 3 is 2.39 bits per heavy atom. The van der Waals surface area contributed by atoms with E-state index in [4.69, 9.17) is 5.73 Å². The molecule has 23 heavy (non-hydrogen) atoms. The van der Waals surface area contributed by atoms with Gasteiger partial charge in [0.15, 0.2) is 0 Å². The minimum absolute atomic E-state index is 0.0157. The van der Waals surface area contributed by atoms with E-state index >= 15 is 0 Å². The van der Waals surface area contributed by atoms with Crippen LogP contribution in [0.2, 0.25) is 0 Å². The minimum Gasteiger partial charge on any atom is -0.351 e. The van der Waals surface area contributed by atoms with Crippen molar-refractivity contribution in [2.24, 2.45) is 5.73 Å². The highest BCUT2D eigenvalue weighted by Crippen LogP contribution is 2.33. The van der Waals surface area contributed by atoms with Gasteiger partial charge in [0.05, 0.1) is 6.04 Å². The lowest BCUT2D eigenvalue weighted by molar-refractivity contribution is 0.0735. The molecule has 0 saturated carbocycles. The van der Waals surface area contributed by atoms with Gasteiger partial charge in [-0.1, -0.05) is 30.3 Å². The first-order valence-corrected chi connectivity index (χ1v) is 7.67. The molecule has 2 aromatic carbocycles. The van der Waals surface area contributed by atoms with Crippen LogP contribution in [0.25, 0.3) is 0 Å². The van der Waals surface area contributed by atoms with Crippen molar-refractivity contribution in [2.45, 2.75) is 18.9 Å². The third-order valence-corrected chi connectivity index (χ3v) is 4.10. The Balaban J connectivity index is 1.78. The van der Waals surface area contributed by atoms with Crippen LogP contribution in [0.5, 0.6) is 0 Å². The number of anilines is 1. The second-order valence-electron chi connectivity index (χ2n) is 5.63. The summed E-state index contributed by atoms with van der Waals surface area (Å²) in [7, 11) is 0. The summed E-state index contributed by atoms with van der Waals surface area (Å²) in [6, 6.07) is 16.4. The fourth-order valence-electron chi connectivity index (χ4n) is 3.04. The summed E-state index contributed by atoms with van der Waals surface area (Å²) < 4.78 is 0. The van der Waals surface area contributed by atoms with Gasteiger partial charge < -0.3 is 16.0 Å². The molecule has 1 atom stereocenters. The monoisotopic (exact) mass is 309 g/mol. The van der Waals surface area contributed by atoms with Crippen molar-refractivity contribution in [3.63, 3.8) is 0 Å². The standard InChI is InChI=1S/C18H19N3O2/c19-18(23)20-15-10-8-14(9-11-15)17(22)21-12-4-7-16(21)13-5-2-1-3-6-13/h1-3,5-6,8-11,16H,4,7,12H2,(H3,19,20,23). The molecule has 0 aromatic heterocycles. The Bertz CT molecular complexity index is 698. The van der Waals surface area contributed by atoms with Crippen molar-refractivity contribution in [1.29, 1.82) is 0 Å². The van der Waals surface area contributed by atoms with E-state index in [0.29, 0.717) is 11.3 Å². The first kappa shape index (κ1) is 15.1. The molecule has 1 heterocycles. The Labute approximate surface area is 135 Å². The lowest BCUT2D eigenvalue weighted by Gasteiger charge is -2.25. The zero-order valence-electron chi connectivity index (χ0n) is 12.7. The molecule has 0 bridgehead atoms. The fourth-order valence-corrected chi connectivity index (χ4v) is 3.04. The molecular formula is C18H19N3O2. The van der Waals surface area contributed by atoms with Crippen LogP contribution in [0.1, 0.15) is 34.8 Å². The van der Waals surface area contributed by atoms with E-state index in [0.717, 1.165) is 19.4 Å². The van der Waals surface area contributed by atoms with Gasteiger partial charge in [-0.25, -0.2) is 4.79 Å². The molecule has 0 spiro atoms. The summed E-state index contributed by atoms with van der Waals surface area (Å²) in [6.45, 7) is 0.764. The smallest absolute Gasteiger partial charge is 0.316 e. The van der Waals surface area contributed by atoms with Crippen LogP contribution in [0.4, 0.5) is 10.5 Å². The predicted octanol–water partition coefficient (Wildman–Crippen LogP) is 3.15. The van der Waals surface area contributed by atoms with Crippen molar-refractivity contribution < 1.29 is 9.59 Å². The second-order valence-corrected chi connectivity index (χ2v) is 5.63. The van der Waals surface area contributed by atoms with Gasteiger partial charge in [-0.2, -0.15) is 0 Å². The molecule has 0 aliphatic carbocycles. The molecule has 3 amide bonds. The summed E-state index contributed by atoms with van der Waals surface area (Å²) in [5.74, 6) is 0.0157. The SMILES string of the molecule is NC(=O)Nc1ccc(C(=O)N2CCCC2c2ccccc2)cc1. The number of rotatable bonds is 3. The zero-order chi connectivity index (χ0) is 16.2. The number of likely N-dealkylation sites (tertiary alicyclic amines) is 1. The first-order chi connectivity index (χ1) is 11.1. The van der Waals surface area contributed by atoms with Gasteiger partial charge in [0.2, 0.25) is 0 Å². The molecule has 1 aliphatic heterocycles. The summed E-state index contributed by atoms with van der Waals surface area (Å²) in [4.78, 5) is 25.5. The highest BCUT2D eigenvalue weighted by atomic mass is 16.2. The van der Waals surface area contributed by atoms with Gasteiger partial charge in [0.1, 0.15) is 0 Å². The van der Waals surface area contributed by atoms with Gasteiger partial charge in [0.25, 0.3) is 5.91 Å². The normalized spacial score (nSPS) is 17.0. The molecule has 1 unspecified atom stereocenters. The van der Waals surface area contributed by atoms with Crippen LogP contribution in [0.3, 0.4) is 0 Å². The molecule has 1 fully saturated rings. The number of amides is 3. The van der Waals surface area contributed by atoms with Crippen molar-refractivity contribution in [3.05, 3.63) is 65.7 Å². The molecule has 3 rings (SSSR count). The Kier molecular flexibility index (Phi) is 4.28. The number of benzene rings is 2. The number of urea groups is 1. The molecular weight excluding hydrogens is 290 g/mol. The highest BCUT2D eigenvalue weighted by Gasteiger charge is 2.30. The molecule has 5 nitrogen and oxygen atoms in total. The molecule has 0 radical (unpaired) electrons. The lowest BCUT2D eigenvalue weighted by atomic mass is 10.0. The van der Waals surface area contributed by atoms with Gasteiger partial charge in [-0.3, -0.25) is 4.79 Å². The van der Waals surface area contributed by atoms with E-state index in [-0.39, 0.29) is 11.9 Å². The number of primary amides is 1. The van der Waals surface area contributed by atoms with E-state index < -0.39 is 6.03 Å². The van der Waals surface area contributed by atoms with Crippen molar-refractivity contribution in [2.75, 3.05) is 11.9 Å². The first-order valence-electron chi connectivity index (χ1n) is 7.67. The number of nitrogens with two attached hydrogens (primary N) is 1. The maximum atomic E-state index is 12.8. The lowest BCUT2D eigenvalue weighted by Crippen LogP contribution is -2.30. The number of hydrogen-bond acceptors (Lipinski definition) is 2. The number of nitrogens with one attached hydrogen (secondary N) is 1. The maximum Gasteiger partial charge on any atom is 0.316 e.